The smallest absolute Gasteiger partial charge is 0.351 e. The number of para-hydroxylation sites is 1. The van der Waals surface area contributed by atoms with Crippen LogP contribution in [0, 0.1) is 10.1 Å². The van der Waals surface area contributed by atoms with E-state index < -0.39 is 34.5 Å². The highest BCUT2D eigenvalue weighted by atomic mass is 16.7. The molecule has 0 aliphatic carbocycles. The Morgan fingerprint density at radius 2 is 2.14 bits per heavy atom. The fourth-order valence-corrected chi connectivity index (χ4v) is 2.92. The van der Waals surface area contributed by atoms with E-state index >= 15 is 0 Å². The Hall–Kier alpha value is -3.31. The van der Waals surface area contributed by atoms with E-state index in [1.54, 1.807) is 6.07 Å². The molecule has 11 heteroatoms. The number of ether oxygens (including phenoxy) is 3. The summed E-state index contributed by atoms with van der Waals surface area (Å²) >= 11 is 0. The van der Waals surface area contributed by atoms with Gasteiger partial charge in [0.2, 0.25) is 0 Å². The van der Waals surface area contributed by atoms with Gasteiger partial charge in [0.1, 0.15) is 12.4 Å². The molecular formula is C18H20N4O7. The number of nitrogens with zero attached hydrogens (tertiary/aromatic N) is 3. The first-order chi connectivity index (χ1) is 13.7. The van der Waals surface area contributed by atoms with Crippen LogP contribution in [-0.4, -0.2) is 39.9 Å². The first kappa shape index (κ1) is 20.4. The van der Waals surface area contributed by atoms with E-state index in [0.717, 1.165) is 0 Å². The van der Waals surface area contributed by atoms with Gasteiger partial charge < -0.3 is 19.9 Å². The maximum atomic E-state index is 12.6. The maximum absolute atomic E-state index is 12.6. The largest absolute Gasteiger partial charge is 0.460 e. The number of carbonyl (C=O) groups is 1. The second-order valence-corrected chi connectivity index (χ2v) is 6.89. The summed E-state index contributed by atoms with van der Waals surface area (Å²) in [4.78, 5) is 38.8. The van der Waals surface area contributed by atoms with Crippen molar-refractivity contribution < 1.29 is 23.9 Å². The number of hydrogen-bond acceptors (Lipinski definition) is 9. The Bertz CT molecular complexity index is 988. The molecule has 1 aromatic carbocycles. The molecule has 2 N–H and O–H groups in total. The summed E-state index contributed by atoms with van der Waals surface area (Å²) < 4.78 is 17.5. The number of aromatic nitrogens is 2. The van der Waals surface area contributed by atoms with E-state index in [2.05, 4.69) is 4.98 Å². The van der Waals surface area contributed by atoms with Crippen LogP contribution < -0.4 is 11.4 Å². The van der Waals surface area contributed by atoms with Crippen LogP contribution in [0.5, 0.6) is 0 Å². The zero-order valence-electron chi connectivity index (χ0n) is 15.8. The second kappa shape index (κ2) is 7.97. The monoisotopic (exact) mass is 404 g/mol. The SMILES string of the molecule is CC(C)(C(=O)OCC1OCC(n2ccc(N)nc2=O)O1)c1ccccc1[N+](=O)[O-]. The van der Waals surface area contributed by atoms with Crippen molar-refractivity contribution in [1.82, 2.24) is 9.55 Å². The first-order valence-electron chi connectivity index (χ1n) is 8.73. The highest BCUT2D eigenvalue weighted by Gasteiger charge is 2.38. The molecule has 2 aromatic rings. The average Bonchev–Trinajstić information content (AvgIpc) is 3.14. The molecule has 1 aromatic heterocycles. The fourth-order valence-electron chi connectivity index (χ4n) is 2.92. The van der Waals surface area contributed by atoms with E-state index in [9.17, 15) is 19.7 Å². The molecule has 154 valence electrons. The van der Waals surface area contributed by atoms with Gasteiger partial charge in [0.15, 0.2) is 12.5 Å². The van der Waals surface area contributed by atoms with E-state index in [-0.39, 0.29) is 30.3 Å². The van der Waals surface area contributed by atoms with Crippen molar-refractivity contribution in [1.29, 1.82) is 0 Å². The molecule has 0 bridgehead atoms. The molecule has 0 radical (unpaired) electrons. The van der Waals surface area contributed by atoms with E-state index in [0.29, 0.717) is 0 Å². The number of nitrogens with two attached hydrogens (primary N) is 1. The van der Waals surface area contributed by atoms with Crippen molar-refractivity contribution in [3.8, 4) is 0 Å². The number of nitrogen functional groups attached to an aromatic ring is 1. The van der Waals surface area contributed by atoms with Crippen LogP contribution in [0.4, 0.5) is 11.5 Å². The van der Waals surface area contributed by atoms with Gasteiger partial charge in [-0.1, -0.05) is 18.2 Å². The molecule has 11 nitrogen and oxygen atoms in total. The maximum Gasteiger partial charge on any atom is 0.351 e. The van der Waals surface area contributed by atoms with Crippen LogP contribution in [0.25, 0.3) is 0 Å². The lowest BCUT2D eigenvalue weighted by molar-refractivity contribution is -0.386. The molecule has 0 spiro atoms. The Kier molecular flexibility index (Phi) is 5.62. The zero-order valence-corrected chi connectivity index (χ0v) is 15.8. The summed E-state index contributed by atoms with van der Waals surface area (Å²) in [5.41, 5.74) is 3.67. The second-order valence-electron chi connectivity index (χ2n) is 6.89. The van der Waals surface area contributed by atoms with E-state index in [1.807, 2.05) is 0 Å². The van der Waals surface area contributed by atoms with Crippen molar-refractivity contribution in [3.05, 3.63) is 62.7 Å². The molecule has 2 unspecified atom stereocenters. The van der Waals surface area contributed by atoms with Gasteiger partial charge in [-0.2, -0.15) is 4.98 Å². The number of rotatable bonds is 6. The van der Waals surface area contributed by atoms with Gasteiger partial charge in [0.05, 0.1) is 16.9 Å². The molecule has 0 amide bonds. The lowest BCUT2D eigenvalue weighted by Gasteiger charge is -2.23. The van der Waals surface area contributed by atoms with Crippen LogP contribution in [0.2, 0.25) is 0 Å². The Balaban J connectivity index is 1.64. The number of esters is 1. The van der Waals surface area contributed by atoms with E-state index in [1.165, 1.54) is 48.9 Å². The van der Waals surface area contributed by atoms with Crippen LogP contribution >= 0.6 is 0 Å². The van der Waals surface area contributed by atoms with Crippen molar-refractivity contribution in [2.24, 2.45) is 0 Å². The predicted molar refractivity (Wildman–Crippen MR) is 99.9 cm³/mol. The minimum Gasteiger partial charge on any atom is -0.460 e. The van der Waals surface area contributed by atoms with Crippen LogP contribution in [0.3, 0.4) is 0 Å². The highest BCUT2D eigenvalue weighted by Crippen LogP contribution is 2.32. The number of carbonyl (C=O) groups excluding carboxylic acids is 1. The van der Waals surface area contributed by atoms with Gasteiger partial charge in [0.25, 0.3) is 5.69 Å². The Labute approximate surface area is 165 Å². The predicted octanol–water partition coefficient (Wildman–Crippen LogP) is 1.13. The molecule has 1 aliphatic heterocycles. The van der Waals surface area contributed by atoms with Gasteiger partial charge in [-0.15, -0.1) is 0 Å². The standard InChI is InChI=1S/C18H20N4O7/c1-18(2,11-5-3-4-6-12(11)22(25)26)16(23)28-10-15-27-9-14(29-15)21-8-7-13(19)20-17(21)24/h3-8,14-15H,9-10H2,1-2H3,(H2,19,20,24). The molecule has 1 fully saturated rings. The third kappa shape index (κ3) is 4.25. The Morgan fingerprint density at radius 3 is 2.83 bits per heavy atom. The summed E-state index contributed by atoms with van der Waals surface area (Å²) in [6.07, 6.45) is -0.192. The molecule has 2 atom stereocenters. The normalized spacial score (nSPS) is 19.1. The number of nitro benzene ring substituents is 1. The zero-order chi connectivity index (χ0) is 21.2. The fraction of sp³-hybridized carbons (Fsp3) is 0.389. The average molecular weight is 404 g/mol. The van der Waals surface area contributed by atoms with Crippen molar-refractivity contribution in [3.63, 3.8) is 0 Å². The molecular weight excluding hydrogens is 384 g/mol. The summed E-state index contributed by atoms with van der Waals surface area (Å²) in [5.74, 6) is -0.582. The molecule has 29 heavy (non-hydrogen) atoms. The van der Waals surface area contributed by atoms with E-state index in [4.69, 9.17) is 19.9 Å². The Morgan fingerprint density at radius 1 is 1.41 bits per heavy atom. The molecule has 3 rings (SSSR count). The topological polar surface area (TPSA) is 149 Å². The quantitative estimate of drug-likeness (QED) is 0.424. The molecule has 1 aliphatic rings. The highest BCUT2D eigenvalue weighted by molar-refractivity contribution is 5.83. The third-order valence-corrected chi connectivity index (χ3v) is 4.53. The minimum atomic E-state index is -1.26. The minimum absolute atomic E-state index is 0.0568. The van der Waals surface area contributed by atoms with Gasteiger partial charge in [0, 0.05) is 17.8 Å². The molecule has 1 saturated heterocycles. The lowest BCUT2D eigenvalue weighted by atomic mass is 9.83. The first-order valence-corrected chi connectivity index (χ1v) is 8.73. The number of anilines is 1. The number of nitro groups is 1. The van der Waals surface area contributed by atoms with Crippen molar-refractivity contribution >= 4 is 17.5 Å². The summed E-state index contributed by atoms with van der Waals surface area (Å²) in [6.45, 7) is 2.89. The van der Waals surface area contributed by atoms with Gasteiger partial charge in [-0.05, 0) is 19.9 Å². The summed E-state index contributed by atoms with van der Waals surface area (Å²) in [5, 5.41) is 11.3. The van der Waals surface area contributed by atoms with Crippen LogP contribution in [-0.2, 0) is 24.4 Å². The third-order valence-electron chi connectivity index (χ3n) is 4.53. The number of benzene rings is 1. The summed E-state index contributed by atoms with van der Waals surface area (Å²) in [6, 6.07) is 7.43. The van der Waals surface area contributed by atoms with Gasteiger partial charge in [-0.25, -0.2) is 4.79 Å². The van der Waals surface area contributed by atoms with Gasteiger partial charge >= 0.3 is 11.7 Å². The van der Waals surface area contributed by atoms with Crippen LogP contribution in [0.1, 0.15) is 25.6 Å². The van der Waals surface area contributed by atoms with Crippen LogP contribution in [0.15, 0.2) is 41.3 Å². The number of hydrogen-bond donors (Lipinski definition) is 1. The lowest BCUT2D eigenvalue weighted by Crippen LogP contribution is -2.34. The van der Waals surface area contributed by atoms with Crippen molar-refractivity contribution in [2.45, 2.75) is 31.8 Å². The van der Waals surface area contributed by atoms with Crippen molar-refractivity contribution in [2.75, 3.05) is 18.9 Å². The molecule has 2 heterocycles. The molecule has 0 saturated carbocycles. The van der Waals surface area contributed by atoms with Gasteiger partial charge in [-0.3, -0.25) is 19.5 Å². The summed E-state index contributed by atoms with van der Waals surface area (Å²) in [7, 11) is 0.